The Morgan fingerprint density at radius 1 is 1.39 bits per heavy atom. The molecule has 2 aromatic rings. The first-order chi connectivity index (χ1) is 13.7. The van der Waals surface area contributed by atoms with Gasteiger partial charge >= 0.3 is 0 Å². The van der Waals surface area contributed by atoms with Gasteiger partial charge < -0.3 is 9.88 Å². The summed E-state index contributed by atoms with van der Waals surface area (Å²) >= 11 is 3.28. The van der Waals surface area contributed by atoms with Crippen molar-refractivity contribution < 1.29 is 4.79 Å². The minimum atomic E-state index is -0.170. The molecule has 1 amide bonds. The monoisotopic (exact) mass is 416 g/mol. The number of thiophene rings is 1. The summed E-state index contributed by atoms with van der Waals surface area (Å²) in [7, 11) is 0. The maximum Gasteiger partial charge on any atom is 0.233 e. The van der Waals surface area contributed by atoms with Crippen molar-refractivity contribution >= 4 is 29.0 Å². The topological polar surface area (TPSA) is 59.8 Å². The number of rotatable bonds is 9. The van der Waals surface area contributed by atoms with Crippen LogP contribution in [0.2, 0.25) is 0 Å². The molecule has 28 heavy (non-hydrogen) atoms. The van der Waals surface area contributed by atoms with Crippen LogP contribution in [-0.4, -0.2) is 32.5 Å². The molecule has 1 fully saturated rings. The van der Waals surface area contributed by atoms with Crippen LogP contribution in [0.1, 0.15) is 68.6 Å². The van der Waals surface area contributed by atoms with Crippen molar-refractivity contribution in [2.24, 2.45) is 0 Å². The number of thioether (sulfide) groups is 1. The Hall–Kier alpha value is -1.60. The molecule has 2 heterocycles. The molecule has 2 aliphatic carbocycles. The van der Waals surface area contributed by atoms with Crippen LogP contribution >= 0.6 is 23.1 Å². The van der Waals surface area contributed by atoms with Crippen LogP contribution < -0.4 is 5.32 Å². The van der Waals surface area contributed by atoms with Crippen LogP contribution in [-0.2, 0) is 11.2 Å². The zero-order chi connectivity index (χ0) is 19.3. The molecule has 0 aromatic carbocycles. The van der Waals surface area contributed by atoms with E-state index in [1.54, 1.807) is 11.3 Å². The minimum absolute atomic E-state index is 0.0894. The normalized spacial score (nSPS) is 18.0. The van der Waals surface area contributed by atoms with Crippen LogP contribution in [0.15, 0.2) is 34.3 Å². The summed E-state index contributed by atoms with van der Waals surface area (Å²) in [5.74, 6) is 1.11. The molecule has 1 N–H and O–H groups in total. The molecule has 1 saturated carbocycles. The van der Waals surface area contributed by atoms with E-state index in [1.807, 2.05) is 6.92 Å². The maximum absolute atomic E-state index is 12.5. The molecular formula is C21H28N4OS2. The number of carbonyl (C=O) groups is 1. The van der Waals surface area contributed by atoms with Crippen molar-refractivity contribution in [1.29, 1.82) is 0 Å². The molecule has 5 nitrogen and oxygen atoms in total. The largest absolute Gasteiger partial charge is 0.355 e. The number of hydrogen-bond donors (Lipinski definition) is 1. The highest BCUT2D eigenvalue weighted by Gasteiger charge is 2.31. The van der Waals surface area contributed by atoms with E-state index < -0.39 is 0 Å². The van der Waals surface area contributed by atoms with Crippen molar-refractivity contribution in [3.05, 3.63) is 39.9 Å². The quantitative estimate of drug-likeness (QED) is 0.473. The van der Waals surface area contributed by atoms with Crippen LogP contribution in [0, 0.1) is 0 Å². The van der Waals surface area contributed by atoms with Crippen molar-refractivity contribution in [3.63, 3.8) is 0 Å². The molecule has 2 aliphatic rings. The summed E-state index contributed by atoms with van der Waals surface area (Å²) in [4.78, 5) is 13.8. The Balaban J connectivity index is 1.33. The number of nitrogens with one attached hydrogen (secondary N) is 1. The first kappa shape index (κ1) is 19.7. The molecule has 2 aromatic heterocycles. The minimum Gasteiger partial charge on any atom is -0.355 e. The van der Waals surface area contributed by atoms with E-state index in [0.717, 1.165) is 30.4 Å². The lowest BCUT2D eigenvalue weighted by atomic mass is 9.97. The summed E-state index contributed by atoms with van der Waals surface area (Å²) in [5.41, 5.74) is 1.50. The Kier molecular flexibility index (Phi) is 6.52. The molecule has 150 valence electrons. The van der Waals surface area contributed by atoms with E-state index in [9.17, 15) is 4.79 Å². The van der Waals surface area contributed by atoms with Gasteiger partial charge in [0.2, 0.25) is 5.91 Å². The predicted octanol–water partition coefficient (Wildman–Crippen LogP) is 4.75. The number of hydrogen-bond acceptors (Lipinski definition) is 5. The van der Waals surface area contributed by atoms with Gasteiger partial charge in [-0.3, -0.25) is 4.79 Å². The molecular weight excluding hydrogens is 388 g/mol. The van der Waals surface area contributed by atoms with Crippen molar-refractivity contribution in [3.8, 4) is 0 Å². The molecule has 0 spiro atoms. The van der Waals surface area contributed by atoms with Gasteiger partial charge in [0, 0.05) is 23.9 Å². The Bertz CT molecular complexity index is 824. The lowest BCUT2D eigenvalue weighted by molar-refractivity contribution is -0.120. The second kappa shape index (κ2) is 9.27. The third kappa shape index (κ3) is 5.06. The standard InChI is InChI=1S/C21H28N4OS2/c1-15(20(26)22-12-11-16-6-3-2-4-7-16)28-21-24-23-19(25(21)17-9-10-17)14-18-8-5-13-27-18/h5-6,8,13,15,17H,2-4,7,9-12,14H2,1H3,(H,22,26)/t15-/m0/s1. The molecule has 0 saturated heterocycles. The highest BCUT2D eigenvalue weighted by Crippen LogP contribution is 2.40. The van der Waals surface area contributed by atoms with Crippen LogP contribution in [0.5, 0.6) is 0 Å². The Morgan fingerprint density at radius 2 is 2.29 bits per heavy atom. The predicted molar refractivity (Wildman–Crippen MR) is 115 cm³/mol. The lowest BCUT2D eigenvalue weighted by Gasteiger charge is -2.15. The average Bonchev–Trinajstić information content (AvgIpc) is 3.26. The number of allylic oxidation sites excluding steroid dienone is 1. The van der Waals surface area contributed by atoms with Crippen molar-refractivity contribution in [1.82, 2.24) is 20.1 Å². The Morgan fingerprint density at radius 3 is 3.00 bits per heavy atom. The van der Waals surface area contributed by atoms with Gasteiger partial charge in [-0.2, -0.15) is 0 Å². The molecule has 1 atom stereocenters. The first-order valence-corrected chi connectivity index (χ1v) is 12.0. The van der Waals surface area contributed by atoms with Crippen molar-refractivity contribution in [2.75, 3.05) is 6.54 Å². The number of amides is 1. The fourth-order valence-corrected chi connectivity index (χ4v) is 5.27. The van der Waals surface area contributed by atoms with E-state index in [4.69, 9.17) is 0 Å². The Labute approximate surface area is 175 Å². The van der Waals surface area contributed by atoms with E-state index in [0.29, 0.717) is 6.04 Å². The van der Waals surface area contributed by atoms with Gasteiger partial charge in [0.1, 0.15) is 5.82 Å². The second-order valence-electron chi connectivity index (χ2n) is 7.67. The SMILES string of the molecule is C[C@H](Sc1nnc(Cc2cccs2)n1C1CC1)C(=O)NCCC1=CCCCC1. The third-order valence-electron chi connectivity index (χ3n) is 5.34. The highest BCUT2D eigenvalue weighted by molar-refractivity contribution is 8.00. The van der Waals surface area contributed by atoms with Gasteiger partial charge in [-0.25, -0.2) is 0 Å². The maximum atomic E-state index is 12.5. The molecule has 0 bridgehead atoms. The van der Waals surface area contributed by atoms with Gasteiger partial charge in [-0.05, 0) is 63.3 Å². The van der Waals surface area contributed by atoms with Crippen LogP contribution in [0.25, 0.3) is 0 Å². The summed E-state index contributed by atoms with van der Waals surface area (Å²) in [6.07, 6.45) is 11.5. The number of aromatic nitrogens is 3. The second-order valence-corrected chi connectivity index (χ2v) is 10.0. The summed E-state index contributed by atoms with van der Waals surface area (Å²) in [5, 5.41) is 14.8. The fraction of sp³-hybridized carbons (Fsp3) is 0.571. The van der Waals surface area contributed by atoms with E-state index in [-0.39, 0.29) is 11.2 Å². The molecule has 0 unspecified atom stereocenters. The van der Waals surface area contributed by atoms with Gasteiger partial charge in [0.25, 0.3) is 0 Å². The number of carbonyl (C=O) groups excluding carboxylic acids is 1. The highest BCUT2D eigenvalue weighted by atomic mass is 32.2. The van der Waals surface area contributed by atoms with E-state index >= 15 is 0 Å². The van der Waals surface area contributed by atoms with Gasteiger partial charge in [-0.15, -0.1) is 21.5 Å². The van der Waals surface area contributed by atoms with Crippen LogP contribution in [0.3, 0.4) is 0 Å². The molecule has 4 rings (SSSR count). The van der Waals surface area contributed by atoms with Gasteiger partial charge in [-0.1, -0.05) is 29.5 Å². The summed E-state index contributed by atoms with van der Waals surface area (Å²) in [6.45, 7) is 2.69. The third-order valence-corrected chi connectivity index (χ3v) is 7.27. The average molecular weight is 417 g/mol. The zero-order valence-electron chi connectivity index (χ0n) is 16.4. The zero-order valence-corrected chi connectivity index (χ0v) is 18.0. The summed E-state index contributed by atoms with van der Waals surface area (Å²) in [6, 6.07) is 4.71. The molecule has 7 heteroatoms. The van der Waals surface area contributed by atoms with Gasteiger partial charge in [0.15, 0.2) is 5.16 Å². The first-order valence-electron chi connectivity index (χ1n) is 10.3. The van der Waals surface area contributed by atoms with Gasteiger partial charge in [0.05, 0.1) is 5.25 Å². The van der Waals surface area contributed by atoms with E-state index in [1.165, 1.54) is 60.7 Å². The fourth-order valence-electron chi connectivity index (χ4n) is 3.61. The van der Waals surface area contributed by atoms with E-state index in [2.05, 4.69) is 43.7 Å². The molecule has 0 radical (unpaired) electrons. The van der Waals surface area contributed by atoms with Crippen LogP contribution in [0.4, 0.5) is 0 Å². The smallest absolute Gasteiger partial charge is 0.233 e. The number of nitrogens with zero attached hydrogens (tertiary/aromatic N) is 3. The lowest BCUT2D eigenvalue weighted by Crippen LogP contribution is -2.32. The van der Waals surface area contributed by atoms with Crippen molar-refractivity contribution in [2.45, 2.75) is 74.7 Å². The summed E-state index contributed by atoms with van der Waals surface area (Å²) < 4.78 is 2.26. The molecule has 0 aliphatic heterocycles.